The maximum absolute atomic E-state index is 11.9. The highest BCUT2D eigenvalue weighted by atomic mass is 127. The van der Waals surface area contributed by atoms with Gasteiger partial charge in [-0.05, 0) is 59.0 Å². The third-order valence-electron chi connectivity index (χ3n) is 2.95. The fraction of sp³-hybridized carbons (Fsp3) is 0.417. The lowest BCUT2D eigenvalue weighted by Crippen LogP contribution is -2.19. The molecule has 0 spiro atoms. The Morgan fingerprint density at radius 3 is 2.80 bits per heavy atom. The van der Waals surface area contributed by atoms with Crippen molar-refractivity contribution in [1.29, 1.82) is 0 Å². The summed E-state index contributed by atoms with van der Waals surface area (Å²) in [7, 11) is 0. The minimum atomic E-state index is 0.0860. The molecule has 2 nitrogen and oxygen atoms in total. The van der Waals surface area contributed by atoms with Gasteiger partial charge in [-0.1, -0.05) is 6.92 Å². The van der Waals surface area contributed by atoms with E-state index in [1.165, 1.54) is 0 Å². The predicted octanol–water partition coefficient (Wildman–Crippen LogP) is 3.07. The largest absolute Gasteiger partial charge is 0.506 e. The highest BCUT2D eigenvalue weighted by Crippen LogP contribution is 2.36. The number of hydrogen-bond acceptors (Lipinski definition) is 2. The fourth-order valence-electron chi connectivity index (χ4n) is 2.21. The van der Waals surface area contributed by atoms with Gasteiger partial charge in [-0.15, -0.1) is 0 Å². The maximum Gasteiger partial charge on any atom is 0.167 e. The Kier molecular flexibility index (Phi) is 2.75. The summed E-state index contributed by atoms with van der Waals surface area (Å²) in [5.74, 6) is 0.652. The van der Waals surface area contributed by atoms with Gasteiger partial charge in [-0.25, -0.2) is 0 Å². The molecule has 1 N–H and O–H groups in total. The van der Waals surface area contributed by atoms with E-state index in [0.717, 1.165) is 21.1 Å². The average Bonchev–Trinajstić information content (AvgIpc) is 2.13. The molecular weight excluding hydrogens is 303 g/mol. The van der Waals surface area contributed by atoms with Gasteiger partial charge in [0.05, 0.1) is 9.13 Å². The summed E-state index contributed by atoms with van der Waals surface area (Å²) in [5, 5.41) is 9.90. The Balaban J connectivity index is 2.69. The van der Waals surface area contributed by atoms with E-state index in [1.807, 2.05) is 13.0 Å². The van der Waals surface area contributed by atoms with Crippen LogP contribution in [0.15, 0.2) is 6.07 Å². The molecule has 0 radical (unpaired) electrons. The van der Waals surface area contributed by atoms with Crippen LogP contribution >= 0.6 is 22.6 Å². The van der Waals surface area contributed by atoms with Gasteiger partial charge >= 0.3 is 0 Å². The highest BCUT2D eigenvalue weighted by molar-refractivity contribution is 14.1. The van der Waals surface area contributed by atoms with E-state index < -0.39 is 0 Å². The SMILES string of the molecule is Cc1cc(I)c(O)c2c1CC(C)CC2=O. The highest BCUT2D eigenvalue weighted by Gasteiger charge is 2.27. The summed E-state index contributed by atoms with van der Waals surface area (Å²) in [4.78, 5) is 11.9. The Bertz CT molecular complexity index is 438. The zero-order valence-electron chi connectivity index (χ0n) is 8.80. The van der Waals surface area contributed by atoms with E-state index in [2.05, 4.69) is 29.5 Å². The van der Waals surface area contributed by atoms with Crippen LogP contribution in [0, 0.1) is 16.4 Å². The zero-order chi connectivity index (χ0) is 11.2. The van der Waals surface area contributed by atoms with Crippen LogP contribution in [0.25, 0.3) is 0 Å². The van der Waals surface area contributed by atoms with Crippen LogP contribution in [0.1, 0.15) is 34.8 Å². The summed E-state index contributed by atoms with van der Waals surface area (Å²) in [5.41, 5.74) is 2.72. The van der Waals surface area contributed by atoms with Crippen molar-refractivity contribution in [2.24, 2.45) is 5.92 Å². The number of phenolic OH excluding ortho intramolecular Hbond substituents is 1. The number of carbonyl (C=O) groups is 1. The van der Waals surface area contributed by atoms with Gasteiger partial charge in [0.25, 0.3) is 0 Å². The molecule has 0 heterocycles. The molecule has 0 aromatic heterocycles. The van der Waals surface area contributed by atoms with Crippen LogP contribution in [0.3, 0.4) is 0 Å². The maximum atomic E-state index is 11.9. The van der Waals surface area contributed by atoms with Crippen molar-refractivity contribution in [2.75, 3.05) is 0 Å². The Hall–Kier alpha value is -0.580. The predicted molar refractivity (Wildman–Crippen MR) is 67.4 cm³/mol. The van der Waals surface area contributed by atoms with Crippen LogP contribution in [0.5, 0.6) is 5.75 Å². The van der Waals surface area contributed by atoms with Crippen molar-refractivity contribution >= 4 is 28.4 Å². The number of fused-ring (bicyclic) bond motifs is 1. The van der Waals surface area contributed by atoms with E-state index in [9.17, 15) is 9.90 Å². The van der Waals surface area contributed by atoms with Gasteiger partial charge < -0.3 is 5.11 Å². The van der Waals surface area contributed by atoms with Crippen molar-refractivity contribution in [3.8, 4) is 5.75 Å². The molecule has 80 valence electrons. The summed E-state index contributed by atoms with van der Waals surface area (Å²) in [6.45, 7) is 4.08. The van der Waals surface area contributed by atoms with Crippen LogP contribution in [-0.4, -0.2) is 10.9 Å². The standard InChI is InChI=1S/C12H13IO2/c1-6-3-8-7(2)5-9(13)12(15)11(8)10(14)4-6/h5-6,15H,3-4H2,1-2H3. The minimum Gasteiger partial charge on any atom is -0.506 e. The first-order chi connectivity index (χ1) is 7.00. The second-order valence-corrected chi connectivity index (χ2v) is 5.48. The molecule has 1 aromatic carbocycles. The molecule has 2 rings (SSSR count). The molecule has 1 unspecified atom stereocenters. The molecule has 0 bridgehead atoms. The van der Waals surface area contributed by atoms with E-state index >= 15 is 0 Å². The zero-order valence-corrected chi connectivity index (χ0v) is 11.0. The number of halogens is 1. The minimum absolute atomic E-state index is 0.0860. The smallest absolute Gasteiger partial charge is 0.167 e. The third kappa shape index (κ3) is 1.77. The van der Waals surface area contributed by atoms with Crippen LogP contribution in [-0.2, 0) is 6.42 Å². The van der Waals surface area contributed by atoms with Crippen LogP contribution in [0.2, 0.25) is 0 Å². The van der Waals surface area contributed by atoms with Crippen molar-refractivity contribution in [3.63, 3.8) is 0 Å². The number of ketones is 1. The first kappa shape index (κ1) is 10.9. The summed E-state index contributed by atoms with van der Waals surface area (Å²) in [6, 6.07) is 1.94. The van der Waals surface area contributed by atoms with Gasteiger partial charge in [0.15, 0.2) is 5.78 Å². The fourth-order valence-corrected chi connectivity index (χ4v) is 2.94. The molecule has 0 saturated carbocycles. The summed E-state index contributed by atoms with van der Waals surface area (Å²) < 4.78 is 0.770. The number of rotatable bonds is 0. The molecule has 1 aliphatic carbocycles. The van der Waals surface area contributed by atoms with E-state index in [-0.39, 0.29) is 11.5 Å². The molecule has 0 saturated heterocycles. The molecule has 1 aromatic rings. The van der Waals surface area contributed by atoms with Gasteiger partial charge in [-0.3, -0.25) is 4.79 Å². The van der Waals surface area contributed by atoms with Crippen molar-refractivity contribution < 1.29 is 9.90 Å². The van der Waals surface area contributed by atoms with Crippen LogP contribution in [0.4, 0.5) is 0 Å². The van der Waals surface area contributed by atoms with Crippen molar-refractivity contribution in [3.05, 3.63) is 26.3 Å². The van der Waals surface area contributed by atoms with Crippen LogP contribution < -0.4 is 0 Å². The molecular formula is C12H13IO2. The summed E-state index contributed by atoms with van der Waals surface area (Å²) in [6.07, 6.45) is 1.46. The Labute approximate surface area is 103 Å². The number of aromatic hydroxyl groups is 1. The lowest BCUT2D eigenvalue weighted by molar-refractivity contribution is 0.0950. The number of phenols is 1. The number of carbonyl (C=O) groups excluding carboxylic acids is 1. The molecule has 15 heavy (non-hydrogen) atoms. The van der Waals surface area contributed by atoms with Gasteiger partial charge in [0.1, 0.15) is 5.75 Å². The molecule has 1 aliphatic rings. The number of Topliss-reactive ketones (excluding diaryl/α,β-unsaturated/α-hetero) is 1. The Morgan fingerprint density at radius 2 is 2.13 bits per heavy atom. The second-order valence-electron chi connectivity index (χ2n) is 4.31. The second kappa shape index (κ2) is 3.77. The number of benzene rings is 1. The van der Waals surface area contributed by atoms with Crippen molar-refractivity contribution in [2.45, 2.75) is 26.7 Å². The van der Waals surface area contributed by atoms with E-state index in [4.69, 9.17) is 0 Å². The Morgan fingerprint density at radius 1 is 1.47 bits per heavy atom. The van der Waals surface area contributed by atoms with E-state index in [1.54, 1.807) is 0 Å². The summed E-state index contributed by atoms with van der Waals surface area (Å²) >= 11 is 2.07. The molecule has 3 heteroatoms. The quantitative estimate of drug-likeness (QED) is 0.747. The van der Waals surface area contributed by atoms with E-state index in [0.29, 0.717) is 17.9 Å². The lowest BCUT2D eigenvalue weighted by atomic mass is 9.81. The molecule has 0 fully saturated rings. The van der Waals surface area contributed by atoms with Gasteiger partial charge in [-0.2, -0.15) is 0 Å². The van der Waals surface area contributed by atoms with Gasteiger partial charge in [0, 0.05) is 6.42 Å². The first-order valence-corrected chi connectivity index (χ1v) is 6.12. The molecule has 1 atom stereocenters. The van der Waals surface area contributed by atoms with Crippen molar-refractivity contribution in [1.82, 2.24) is 0 Å². The normalized spacial score (nSPS) is 20.2. The number of hydrogen-bond donors (Lipinski definition) is 1. The monoisotopic (exact) mass is 316 g/mol. The van der Waals surface area contributed by atoms with Gasteiger partial charge in [0.2, 0.25) is 0 Å². The molecule has 0 aliphatic heterocycles. The third-order valence-corrected chi connectivity index (χ3v) is 3.77. The average molecular weight is 316 g/mol. The number of aryl methyl sites for hydroxylation is 1. The molecule has 0 amide bonds. The topological polar surface area (TPSA) is 37.3 Å². The lowest BCUT2D eigenvalue weighted by Gasteiger charge is -2.23. The first-order valence-electron chi connectivity index (χ1n) is 5.05.